The van der Waals surface area contributed by atoms with Gasteiger partial charge in [0.1, 0.15) is 0 Å². The summed E-state index contributed by atoms with van der Waals surface area (Å²) in [6.07, 6.45) is 14.3. The van der Waals surface area contributed by atoms with Crippen molar-refractivity contribution in [1.29, 1.82) is 0 Å². The van der Waals surface area contributed by atoms with E-state index in [2.05, 4.69) is 46.3 Å². The van der Waals surface area contributed by atoms with Gasteiger partial charge in [0.05, 0.1) is 5.70 Å². The van der Waals surface area contributed by atoms with Gasteiger partial charge in [0, 0.05) is 30.1 Å². The van der Waals surface area contributed by atoms with Crippen LogP contribution in [0.4, 0.5) is 0 Å². The molecule has 25 heavy (non-hydrogen) atoms. The molecule has 2 bridgehead atoms. The first kappa shape index (κ1) is 15.0. The predicted molar refractivity (Wildman–Crippen MR) is 102 cm³/mol. The fourth-order valence-electron chi connectivity index (χ4n) is 4.36. The quantitative estimate of drug-likeness (QED) is 0.817. The summed E-state index contributed by atoms with van der Waals surface area (Å²) < 4.78 is 0. The minimum atomic E-state index is 0.686. The first-order valence-corrected chi connectivity index (χ1v) is 9.31. The van der Waals surface area contributed by atoms with Crippen molar-refractivity contribution in [3.63, 3.8) is 0 Å². The lowest BCUT2D eigenvalue weighted by Gasteiger charge is -2.26. The maximum absolute atomic E-state index is 5.03. The number of aryl methyl sites for hydroxylation is 1. The van der Waals surface area contributed by atoms with Crippen LogP contribution in [0.5, 0.6) is 0 Å². The van der Waals surface area contributed by atoms with Crippen molar-refractivity contribution in [1.82, 2.24) is 9.88 Å². The number of pyridine rings is 1. The largest absolute Gasteiger partial charge is 0.299 e. The van der Waals surface area contributed by atoms with Crippen molar-refractivity contribution in [2.45, 2.75) is 26.2 Å². The molecule has 0 saturated carbocycles. The van der Waals surface area contributed by atoms with Crippen molar-refractivity contribution in [2.24, 2.45) is 10.9 Å². The number of nitrogens with zero attached hydrogens (tertiary/aromatic N) is 3. The van der Waals surface area contributed by atoms with E-state index in [1.807, 2.05) is 13.1 Å². The Balaban J connectivity index is 1.41. The highest BCUT2D eigenvalue weighted by Crippen LogP contribution is 2.40. The normalized spacial score (nSPS) is 27.6. The highest BCUT2D eigenvalue weighted by atomic mass is 15.1. The molecule has 0 unspecified atom stereocenters. The van der Waals surface area contributed by atoms with Crippen LogP contribution in [0, 0.1) is 12.8 Å². The van der Waals surface area contributed by atoms with Gasteiger partial charge in [-0.15, -0.1) is 0 Å². The monoisotopic (exact) mass is 329 g/mol. The van der Waals surface area contributed by atoms with Crippen LogP contribution in [0.3, 0.4) is 0 Å². The van der Waals surface area contributed by atoms with E-state index >= 15 is 0 Å². The average molecular weight is 329 g/mol. The molecule has 6 rings (SSSR count). The number of aliphatic imine (C=N–C) groups is 1. The van der Waals surface area contributed by atoms with E-state index in [1.54, 1.807) is 0 Å². The third-order valence-corrected chi connectivity index (χ3v) is 5.84. The highest BCUT2D eigenvalue weighted by molar-refractivity contribution is 6.07. The molecule has 0 amide bonds. The van der Waals surface area contributed by atoms with Gasteiger partial charge in [-0.1, -0.05) is 24.3 Å². The third-order valence-electron chi connectivity index (χ3n) is 5.84. The van der Waals surface area contributed by atoms with E-state index in [0.717, 1.165) is 24.2 Å². The summed E-state index contributed by atoms with van der Waals surface area (Å²) >= 11 is 0. The summed E-state index contributed by atoms with van der Waals surface area (Å²) in [5.41, 5.74) is 9.19. The summed E-state index contributed by atoms with van der Waals surface area (Å²) in [7, 11) is 0. The Kier molecular flexibility index (Phi) is 3.56. The number of aromatic nitrogens is 1. The molecule has 5 aliphatic rings. The smallest absolute Gasteiger partial charge is 0.0672 e. The molecular formula is C22H23N3. The zero-order valence-electron chi connectivity index (χ0n) is 14.7. The maximum atomic E-state index is 5.03. The standard InChI is InChI=1S/C22H23N3/c1-15-2-3-17(13-23-15)5-4-16-6-7-21-19(12-16)20-14-25-10-8-18(9-11-25)22(20)24-21/h2-7,13,18H,8-12,14H2,1H3/b5-4+. The molecule has 0 radical (unpaired) electrons. The molecule has 4 aliphatic heterocycles. The Bertz CT molecular complexity index is 857. The summed E-state index contributed by atoms with van der Waals surface area (Å²) in [6.45, 7) is 5.59. The van der Waals surface area contributed by atoms with Crippen molar-refractivity contribution in [3.8, 4) is 0 Å². The topological polar surface area (TPSA) is 28.5 Å². The van der Waals surface area contributed by atoms with Crippen molar-refractivity contribution >= 4 is 11.8 Å². The minimum Gasteiger partial charge on any atom is -0.299 e. The average Bonchev–Trinajstić information content (AvgIpc) is 2.80. The molecule has 0 aromatic carbocycles. The molecule has 0 N–H and O–H groups in total. The fraction of sp³-hybridized carbons (Fsp3) is 0.364. The van der Waals surface area contributed by atoms with E-state index < -0.39 is 0 Å². The summed E-state index contributed by atoms with van der Waals surface area (Å²) in [5.74, 6) is 0.686. The fourth-order valence-corrected chi connectivity index (χ4v) is 4.36. The molecule has 126 valence electrons. The second-order valence-corrected chi connectivity index (χ2v) is 7.54. The van der Waals surface area contributed by atoms with E-state index in [0.29, 0.717) is 5.92 Å². The molecule has 3 fully saturated rings. The summed E-state index contributed by atoms with van der Waals surface area (Å²) in [6, 6.07) is 4.18. The van der Waals surface area contributed by atoms with Gasteiger partial charge in [-0.3, -0.25) is 14.9 Å². The van der Waals surface area contributed by atoms with E-state index in [4.69, 9.17) is 4.99 Å². The van der Waals surface area contributed by atoms with Gasteiger partial charge in [-0.2, -0.15) is 0 Å². The first-order chi connectivity index (χ1) is 12.3. The molecular weight excluding hydrogens is 306 g/mol. The van der Waals surface area contributed by atoms with Gasteiger partial charge < -0.3 is 0 Å². The maximum Gasteiger partial charge on any atom is 0.0672 e. The second kappa shape index (κ2) is 5.92. The summed E-state index contributed by atoms with van der Waals surface area (Å²) in [5, 5.41) is 0. The SMILES string of the molecule is Cc1ccc(/C=C/C2=CC=C3N=C4C(=C3C2)CN2CCC4CC2)cn1. The zero-order valence-corrected chi connectivity index (χ0v) is 14.7. The van der Waals surface area contributed by atoms with Crippen LogP contribution < -0.4 is 0 Å². The molecule has 5 heterocycles. The lowest BCUT2D eigenvalue weighted by Crippen LogP contribution is -2.31. The number of hydrogen-bond acceptors (Lipinski definition) is 3. The zero-order chi connectivity index (χ0) is 16.8. The molecule has 1 aromatic rings. The molecule has 0 spiro atoms. The molecule has 1 aliphatic carbocycles. The molecule has 3 heteroatoms. The Morgan fingerprint density at radius 3 is 2.76 bits per heavy atom. The minimum absolute atomic E-state index is 0.686. The van der Waals surface area contributed by atoms with Crippen LogP contribution in [0.2, 0.25) is 0 Å². The highest BCUT2D eigenvalue weighted by Gasteiger charge is 2.36. The number of allylic oxidation sites excluding steroid dienone is 5. The Hall–Kier alpha value is -2.26. The van der Waals surface area contributed by atoms with Gasteiger partial charge in [0.2, 0.25) is 0 Å². The molecule has 0 atom stereocenters. The van der Waals surface area contributed by atoms with Crippen LogP contribution in [0.25, 0.3) is 6.08 Å². The Morgan fingerprint density at radius 2 is 1.96 bits per heavy atom. The van der Waals surface area contributed by atoms with E-state index in [1.165, 1.54) is 54.1 Å². The first-order valence-electron chi connectivity index (χ1n) is 9.31. The van der Waals surface area contributed by atoms with Gasteiger partial charge in [-0.25, -0.2) is 0 Å². The van der Waals surface area contributed by atoms with Gasteiger partial charge in [-0.05, 0) is 73.7 Å². The van der Waals surface area contributed by atoms with Gasteiger partial charge >= 0.3 is 0 Å². The lowest BCUT2D eigenvalue weighted by atomic mass is 9.88. The molecule has 3 saturated heterocycles. The summed E-state index contributed by atoms with van der Waals surface area (Å²) in [4.78, 5) is 12.0. The van der Waals surface area contributed by atoms with Crippen LogP contribution in [0.1, 0.15) is 30.5 Å². The lowest BCUT2D eigenvalue weighted by molar-refractivity contribution is 0.240. The van der Waals surface area contributed by atoms with E-state index in [-0.39, 0.29) is 0 Å². The number of piperidine rings is 1. The van der Waals surface area contributed by atoms with Crippen LogP contribution in [-0.4, -0.2) is 35.2 Å². The van der Waals surface area contributed by atoms with Crippen molar-refractivity contribution < 1.29 is 0 Å². The number of rotatable bonds is 2. The van der Waals surface area contributed by atoms with Crippen LogP contribution >= 0.6 is 0 Å². The van der Waals surface area contributed by atoms with Gasteiger partial charge in [0.15, 0.2) is 0 Å². The van der Waals surface area contributed by atoms with Crippen LogP contribution in [0.15, 0.2) is 64.0 Å². The van der Waals surface area contributed by atoms with Crippen LogP contribution in [-0.2, 0) is 0 Å². The number of hydrogen-bond donors (Lipinski definition) is 0. The second-order valence-electron chi connectivity index (χ2n) is 7.54. The van der Waals surface area contributed by atoms with Crippen molar-refractivity contribution in [3.05, 3.63) is 70.2 Å². The Morgan fingerprint density at radius 1 is 1.08 bits per heavy atom. The number of fused-ring (bicyclic) bond motifs is 3. The molecule has 1 aromatic heterocycles. The third kappa shape index (κ3) is 2.73. The predicted octanol–water partition coefficient (Wildman–Crippen LogP) is 4.09. The van der Waals surface area contributed by atoms with Crippen molar-refractivity contribution in [2.75, 3.05) is 19.6 Å². The van der Waals surface area contributed by atoms with Gasteiger partial charge in [0.25, 0.3) is 0 Å². The Labute approximate surface area is 149 Å². The van der Waals surface area contributed by atoms with E-state index in [9.17, 15) is 0 Å². The molecule has 3 nitrogen and oxygen atoms in total.